The van der Waals surface area contributed by atoms with Gasteiger partial charge >= 0.3 is 0 Å². The maximum atomic E-state index is 14.2. The summed E-state index contributed by atoms with van der Waals surface area (Å²) in [4.78, 5) is 18.8. The Kier molecular flexibility index (Phi) is 5.09. The molecular formula is C19H17FN2O2S. The summed E-state index contributed by atoms with van der Waals surface area (Å²) in [6, 6.07) is 12.1. The lowest BCUT2D eigenvalue weighted by Gasteiger charge is -2.25. The first kappa shape index (κ1) is 17.1. The Morgan fingerprint density at radius 2 is 2.04 bits per heavy atom. The number of hydrogen-bond donors (Lipinski definition) is 0. The van der Waals surface area contributed by atoms with Crippen molar-refractivity contribution in [2.45, 2.75) is 13.5 Å². The maximum absolute atomic E-state index is 14.2. The molecule has 0 fully saturated rings. The van der Waals surface area contributed by atoms with E-state index < -0.39 is 5.82 Å². The first-order chi connectivity index (χ1) is 12.1. The van der Waals surface area contributed by atoms with Crippen LogP contribution in [-0.2, 0) is 6.54 Å². The highest BCUT2D eigenvalue weighted by molar-refractivity contribution is 7.09. The zero-order chi connectivity index (χ0) is 17.8. The van der Waals surface area contributed by atoms with Crippen LogP contribution in [0.3, 0.4) is 0 Å². The Morgan fingerprint density at radius 1 is 1.24 bits per heavy atom. The molecule has 25 heavy (non-hydrogen) atoms. The van der Waals surface area contributed by atoms with Crippen molar-refractivity contribution in [1.29, 1.82) is 0 Å². The molecule has 3 aromatic rings. The second-order valence-electron chi connectivity index (χ2n) is 5.48. The average molecular weight is 356 g/mol. The van der Waals surface area contributed by atoms with Crippen LogP contribution in [-0.4, -0.2) is 17.9 Å². The van der Waals surface area contributed by atoms with Crippen LogP contribution in [0.25, 0.3) is 0 Å². The van der Waals surface area contributed by atoms with E-state index in [0.29, 0.717) is 17.8 Å². The third-order valence-electron chi connectivity index (χ3n) is 3.81. The molecule has 4 nitrogen and oxygen atoms in total. The summed E-state index contributed by atoms with van der Waals surface area (Å²) in [5, 5.41) is 0. The van der Waals surface area contributed by atoms with Crippen molar-refractivity contribution in [3.05, 3.63) is 70.4 Å². The Bertz CT molecular complexity index is 881. The molecule has 0 aliphatic heterocycles. The smallest absolute Gasteiger partial charge is 0.167 e. The van der Waals surface area contributed by atoms with E-state index in [2.05, 4.69) is 4.98 Å². The predicted octanol–water partition coefficient (Wildman–Crippen LogP) is 4.83. The Morgan fingerprint density at radius 3 is 2.68 bits per heavy atom. The second kappa shape index (κ2) is 7.44. The van der Waals surface area contributed by atoms with Gasteiger partial charge in [-0.3, -0.25) is 9.78 Å². The molecule has 0 saturated heterocycles. The molecule has 0 saturated carbocycles. The van der Waals surface area contributed by atoms with Gasteiger partial charge in [-0.05, 0) is 31.2 Å². The first-order valence-corrected chi connectivity index (χ1v) is 8.56. The van der Waals surface area contributed by atoms with E-state index in [9.17, 15) is 9.18 Å². The number of Topliss-reactive ketones (excluding diaryl/α,β-unsaturated/α-hetero) is 1. The molecule has 0 atom stereocenters. The molecule has 0 unspecified atom stereocenters. The molecule has 0 bridgehead atoms. The average Bonchev–Trinajstić information content (AvgIpc) is 3.13. The molecular weight excluding hydrogens is 339 g/mol. The number of anilines is 2. The highest BCUT2D eigenvalue weighted by Crippen LogP contribution is 2.32. The number of hydrogen-bond acceptors (Lipinski definition) is 5. The zero-order valence-electron chi connectivity index (χ0n) is 13.9. The van der Waals surface area contributed by atoms with Crippen LogP contribution in [0, 0.1) is 5.82 Å². The minimum atomic E-state index is -0.433. The molecule has 6 heteroatoms. The topological polar surface area (TPSA) is 42.4 Å². The second-order valence-corrected chi connectivity index (χ2v) is 6.45. The highest BCUT2D eigenvalue weighted by Gasteiger charge is 2.15. The molecule has 0 aliphatic rings. The normalized spacial score (nSPS) is 10.5. The van der Waals surface area contributed by atoms with Crippen LogP contribution in [0.5, 0.6) is 5.75 Å². The van der Waals surface area contributed by atoms with Gasteiger partial charge in [-0.25, -0.2) is 4.39 Å². The number of rotatable bonds is 6. The lowest BCUT2D eigenvalue weighted by Crippen LogP contribution is -2.16. The van der Waals surface area contributed by atoms with Gasteiger partial charge in [-0.15, -0.1) is 11.3 Å². The van der Waals surface area contributed by atoms with Crippen LogP contribution >= 0.6 is 11.3 Å². The molecule has 2 aromatic carbocycles. The summed E-state index contributed by atoms with van der Waals surface area (Å²) in [5.41, 5.74) is 3.85. The fourth-order valence-electron chi connectivity index (χ4n) is 2.52. The van der Waals surface area contributed by atoms with Gasteiger partial charge in [0.15, 0.2) is 17.3 Å². The van der Waals surface area contributed by atoms with E-state index in [-0.39, 0.29) is 11.5 Å². The van der Waals surface area contributed by atoms with E-state index in [0.717, 1.165) is 10.6 Å². The molecule has 1 heterocycles. The van der Waals surface area contributed by atoms with Gasteiger partial charge in [-0.2, -0.15) is 0 Å². The van der Waals surface area contributed by atoms with Gasteiger partial charge in [0.05, 0.1) is 19.2 Å². The van der Waals surface area contributed by atoms with Crippen molar-refractivity contribution < 1.29 is 13.9 Å². The number of ether oxygens (including phenoxy) is 1. The summed E-state index contributed by atoms with van der Waals surface area (Å²) >= 11 is 1.52. The van der Waals surface area contributed by atoms with Crippen molar-refractivity contribution in [3.63, 3.8) is 0 Å². The Labute approximate surface area is 149 Å². The number of benzene rings is 2. The molecule has 0 amide bonds. The number of carbonyl (C=O) groups excluding carboxylic acids is 1. The van der Waals surface area contributed by atoms with E-state index in [1.165, 1.54) is 31.4 Å². The third-order valence-corrected chi connectivity index (χ3v) is 4.57. The first-order valence-electron chi connectivity index (χ1n) is 7.68. The lowest BCUT2D eigenvalue weighted by molar-refractivity contribution is 0.101. The number of carbonyl (C=O) groups is 1. The molecule has 0 radical (unpaired) electrons. The fraction of sp³-hybridized carbons (Fsp3) is 0.158. The van der Waals surface area contributed by atoms with Crippen LogP contribution in [0.2, 0.25) is 0 Å². The number of ketones is 1. The van der Waals surface area contributed by atoms with Crippen LogP contribution in [0.1, 0.15) is 22.2 Å². The standard InChI is InChI=1S/C19H17FN2O2S/c1-13(23)14-4-3-5-15(8-14)22(11-17-10-21-12-25-17)16-6-7-19(24-2)18(20)9-16/h3-10,12H,11H2,1-2H3. The van der Waals surface area contributed by atoms with Gasteiger partial charge in [0.2, 0.25) is 0 Å². The van der Waals surface area contributed by atoms with Crippen LogP contribution in [0.15, 0.2) is 54.2 Å². The van der Waals surface area contributed by atoms with E-state index >= 15 is 0 Å². The quantitative estimate of drug-likeness (QED) is 0.593. The van der Waals surface area contributed by atoms with Crippen molar-refractivity contribution in [3.8, 4) is 5.75 Å². The molecule has 128 valence electrons. The Balaban J connectivity index is 2.05. The number of nitrogens with zero attached hydrogens (tertiary/aromatic N) is 2. The molecule has 0 N–H and O–H groups in total. The van der Waals surface area contributed by atoms with Crippen molar-refractivity contribution >= 4 is 28.5 Å². The number of aromatic nitrogens is 1. The summed E-state index contributed by atoms with van der Waals surface area (Å²) in [6.07, 6.45) is 1.78. The minimum absolute atomic E-state index is 0.0134. The van der Waals surface area contributed by atoms with Crippen molar-refractivity contribution in [2.75, 3.05) is 12.0 Å². The fourth-order valence-corrected chi connectivity index (χ4v) is 3.11. The molecule has 1 aromatic heterocycles. The van der Waals surface area contributed by atoms with Gasteiger partial charge in [-0.1, -0.05) is 12.1 Å². The summed E-state index contributed by atoms with van der Waals surface area (Å²) < 4.78 is 19.2. The largest absolute Gasteiger partial charge is 0.494 e. The lowest BCUT2D eigenvalue weighted by atomic mass is 10.1. The van der Waals surface area contributed by atoms with Crippen LogP contribution in [0.4, 0.5) is 15.8 Å². The van der Waals surface area contributed by atoms with Gasteiger partial charge in [0, 0.05) is 34.1 Å². The number of thiazole rings is 1. The Hall–Kier alpha value is -2.73. The highest BCUT2D eigenvalue weighted by atomic mass is 32.1. The van der Waals surface area contributed by atoms with Crippen molar-refractivity contribution in [1.82, 2.24) is 4.98 Å². The SMILES string of the molecule is COc1ccc(N(Cc2cncs2)c2cccc(C(C)=O)c2)cc1F. The van der Waals surface area contributed by atoms with Gasteiger partial charge < -0.3 is 9.64 Å². The monoisotopic (exact) mass is 356 g/mol. The maximum Gasteiger partial charge on any atom is 0.167 e. The summed E-state index contributed by atoms with van der Waals surface area (Å²) in [6.45, 7) is 2.05. The third kappa shape index (κ3) is 3.85. The summed E-state index contributed by atoms with van der Waals surface area (Å²) in [5.74, 6) is -0.253. The van der Waals surface area contributed by atoms with Gasteiger partial charge in [0.1, 0.15) is 0 Å². The molecule has 3 rings (SSSR count). The minimum Gasteiger partial charge on any atom is -0.494 e. The van der Waals surface area contributed by atoms with E-state index in [1.807, 2.05) is 23.1 Å². The van der Waals surface area contributed by atoms with E-state index in [1.54, 1.807) is 29.9 Å². The predicted molar refractivity (Wildman–Crippen MR) is 97.4 cm³/mol. The van der Waals surface area contributed by atoms with Crippen molar-refractivity contribution in [2.24, 2.45) is 0 Å². The summed E-state index contributed by atoms with van der Waals surface area (Å²) in [7, 11) is 1.43. The molecule has 0 aliphatic carbocycles. The molecule has 0 spiro atoms. The zero-order valence-corrected chi connectivity index (χ0v) is 14.7. The number of halogens is 1. The van der Waals surface area contributed by atoms with E-state index in [4.69, 9.17) is 4.74 Å². The van der Waals surface area contributed by atoms with Crippen LogP contribution < -0.4 is 9.64 Å². The number of methoxy groups -OCH3 is 1. The van der Waals surface area contributed by atoms with Gasteiger partial charge in [0.25, 0.3) is 0 Å².